The minimum absolute atomic E-state index is 0.157. The van der Waals surface area contributed by atoms with Crippen LogP contribution < -0.4 is 0 Å². The van der Waals surface area contributed by atoms with Gasteiger partial charge in [-0.3, -0.25) is 4.99 Å². The van der Waals surface area contributed by atoms with Gasteiger partial charge in [0, 0.05) is 6.21 Å². The molecule has 0 bridgehead atoms. The van der Waals surface area contributed by atoms with Crippen LogP contribution in [0.25, 0.3) is 0 Å². The predicted molar refractivity (Wildman–Crippen MR) is 34.5 cm³/mol. The van der Waals surface area contributed by atoms with Crippen LogP contribution in [0.1, 0.15) is 0 Å². The van der Waals surface area contributed by atoms with E-state index in [1.165, 1.54) is 13.3 Å². The molecule has 0 amide bonds. The first-order valence-electron chi connectivity index (χ1n) is 2.77. The quantitative estimate of drug-likeness (QED) is 0.486. The monoisotopic (exact) mass is 141 g/mol. The number of aliphatic imine (C=N–C) groups is 1. The van der Waals surface area contributed by atoms with E-state index in [0.717, 1.165) is 0 Å². The molecule has 4 heteroatoms. The average Bonchev–Trinajstić information content (AvgIpc) is 2.05. The van der Waals surface area contributed by atoms with Crippen molar-refractivity contribution in [3.8, 4) is 0 Å². The van der Waals surface area contributed by atoms with Gasteiger partial charge >= 0.3 is 5.97 Å². The maximum atomic E-state index is 10.7. The van der Waals surface area contributed by atoms with Crippen LogP contribution in [-0.2, 0) is 14.3 Å². The molecule has 0 radical (unpaired) electrons. The molecule has 10 heavy (non-hydrogen) atoms. The van der Waals surface area contributed by atoms with Crippen molar-refractivity contribution < 1.29 is 14.3 Å². The summed E-state index contributed by atoms with van der Waals surface area (Å²) in [4.78, 5) is 14.4. The molecule has 0 saturated heterocycles. The van der Waals surface area contributed by atoms with Crippen molar-refractivity contribution in [2.75, 3.05) is 13.7 Å². The van der Waals surface area contributed by atoms with Gasteiger partial charge < -0.3 is 9.47 Å². The lowest BCUT2D eigenvalue weighted by Gasteiger charge is -2.06. The normalized spacial score (nSPS) is 15.5. The Morgan fingerprint density at radius 2 is 2.70 bits per heavy atom. The first kappa shape index (κ1) is 6.80. The molecule has 0 aromatic heterocycles. The Bertz CT molecular complexity index is 195. The first-order valence-corrected chi connectivity index (χ1v) is 2.77. The van der Waals surface area contributed by atoms with Crippen LogP contribution in [0.5, 0.6) is 0 Å². The number of hydrogen-bond donors (Lipinski definition) is 0. The third-order valence-corrected chi connectivity index (χ3v) is 0.997. The Morgan fingerprint density at radius 1 is 1.90 bits per heavy atom. The van der Waals surface area contributed by atoms with E-state index < -0.39 is 5.97 Å². The topological polar surface area (TPSA) is 47.9 Å². The summed E-state index contributed by atoms with van der Waals surface area (Å²) in [7, 11) is 1.30. The molecule has 0 aromatic carbocycles. The number of hydrogen-bond acceptors (Lipinski definition) is 4. The van der Waals surface area contributed by atoms with Gasteiger partial charge in [-0.1, -0.05) is 0 Å². The molecule has 1 aliphatic rings. The maximum absolute atomic E-state index is 10.7. The zero-order chi connectivity index (χ0) is 7.40. The number of carbonyl (C=O) groups excluding carboxylic acids is 1. The lowest BCUT2D eigenvalue weighted by Crippen LogP contribution is -2.11. The van der Waals surface area contributed by atoms with Crippen molar-refractivity contribution >= 4 is 12.2 Å². The standard InChI is InChI=1S/C6H7NO3/c1-9-6(8)5-4-7-2-3-10-5/h2,4H,3H2,1H3. The second-order valence-corrected chi connectivity index (χ2v) is 1.63. The highest BCUT2D eigenvalue weighted by Gasteiger charge is 2.11. The molecule has 1 heterocycles. The number of carbonyl (C=O) groups is 1. The maximum Gasteiger partial charge on any atom is 0.375 e. The molecule has 1 aliphatic heterocycles. The molecule has 0 atom stereocenters. The minimum Gasteiger partial charge on any atom is -0.480 e. The fourth-order valence-electron chi connectivity index (χ4n) is 0.540. The molecule has 1 rings (SSSR count). The van der Waals surface area contributed by atoms with E-state index in [2.05, 4.69) is 9.73 Å². The van der Waals surface area contributed by atoms with Gasteiger partial charge in [-0.15, -0.1) is 0 Å². The van der Waals surface area contributed by atoms with E-state index in [4.69, 9.17) is 4.74 Å². The highest BCUT2D eigenvalue weighted by Crippen LogP contribution is 2.02. The number of methoxy groups -OCH3 is 1. The van der Waals surface area contributed by atoms with Crippen molar-refractivity contribution in [2.24, 2.45) is 4.99 Å². The summed E-state index contributed by atoms with van der Waals surface area (Å²) in [5.74, 6) is -0.332. The van der Waals surface area contributed by atoms with Crippen LogP contribution in [0.3, 0.4) is 0 Å². The van der Waals surface area contributed by atoms with Crippen LogP contribution in [0, 0.1) is 0 Å². The Morgan fingerprint density at radius 3 is 3.20 bits per heavy atom. The third-order valence-electron chi connectivity index (χ3n) is 0.997. The van der Waals surface area contributed by atoms with Crippen LogP contribution in [0.15, 0.2) is 17.0 Å². The van der Waals surface area contributed by atoms with Gasteiger partial charge in [0.25, 0.3) is 0 Å². The average molecular weight is 141 g/mol. The fourth-order valence-corrected chi connectivity index (χ4v) is 0.540. The lowest BCUT2D eigenvalue weighted by molar-refractivity contribution is -0.139. The molecule has 0 unspecified atom stereocenters. The number of rotatable bonds is 1. The largest absolute Gasteiger partial charge is 0.480 e. The van der Waals surface area contributed by atoms with E-state index in [-0.39, 0.29) is 5.76 Å². The van der Waals surface area contributed by atoms with Gasteiger partial charge in [0.15, 0.2) is 0 Å². The van der Waals surface area contributed by atoms with Crippen molar-refractivity contribution in [1.29, 1.82) is 0 Å². The molecule has 0 aliphatic carbocycles. The summed E-state index contributed by atoms with van der Waals surface area (Å²) in [6, 6.07) is 0. The summed E-state index contributed by atoms with van der Waals surface area (Å²) in [5, 5.41) is 0. The molecular formula is C6H7NO3. The zero-order valence-electron chi connectivity index (χ0n) is 5.53. The van der Waals surface area contributed by atoms with Crippen LogP contribution in [0.4, 0.5) is 0 Å². The molecule has 0 aromatic rings. The van der Waals surface area contributed by atoms with Crippen molar-refractivity contribution in [3.05, 3.63) is 12.0 Å². The molecule has 54 valence electrons. The summed E-state index contributed by atoms with van der Waals surface area (Å²) in [6.45, 7) is 0.334. The number of ether oxygens (including phenoxy) is 2. The summed E-state index contributed by atoms with van der Waals surface area (Å²) in [6.07, 6.45) is 2.89. The second-order valence-electron chi connectivity index (χ2n) is 1.63. The van der Waals surface area contributed by atoms with Crippen molar-refractivity contribution in [3.63, 3.8) is 0 Å². The van der Waals surface area contributed by atoms with Crippen LogP contribution >= 0.6 is 0 Å². The highest BCUT2D eigenvalue weighted by atomic mass is 16.6. The summed E-state index contributed by atoms with van der Waals surface area (Å²) in [5.41, 5.74) is 0. The van der Waals surface area contributed by atoms with Gasteiger partial charge in [-0.2, -0.15) is 0 Å². The first-order chi connectivity index (χ1) is 4.84. The minimum atomic E-state index is -0.489. The Labute approximate surface area is 58.2 Å². The molecule has 0 fully saturated rings. The zero-order valence-corrected chi connectivity index (χ0v) is 5.53. The smallest absolute Gasteiger partial charge is 0.375 e. The Hall–Kier alpha value is -1.32. The van der Waals surface area contributed by atoms with Gasteiger partial charge in [-0.05, 0) is 0 Å². The molecule has 0 spiro atoms. The van der Waals surface area contributed by atoms with Gasteiger partial charge in [-0.25, -0.2) is 4.79 Å². The van der Waals surface area contributed by atoms with E-state index >= 15 is 0 Å². The van der Waals surface area contributed by atoms with E-state index in [1.807, 2.05) is 0 Å². The summed E-state index contributed by atoms with van der Waals surface area (Å²) < 4.78 is 9.25. The summed E-state index contributed by atoms with van der Waals surface area (Å²) >= 11 is 0. The molecular weight excluding hydrogens is 134 g/mol. The molecule has 0 N–H and O–H groups in total. The third kappa shape index (κ3) is 1.34. The van der Waals surface area contributed by atoms with E-state index in [0.29, 0.717) is 6.61 Å². The number of nitrogens with zero attached hydrogens (tertiary/aromatic N) is 1. The van der Waals surface area contributed by atoms with E-state index in [9.17, 15) is 4.79 Å². The van der Waals surface area contributed by atoms with Crippen molar-refractivity contribution in [1.82, 2.24) is 0 Å². The lowest BCUT2D eigenvalue weighted by atomic mass is 10.5. The van der Waals surface area contributed by atoms with Gasteiger partial charge in [0.1, 0.15) is 6.61 Å². The molecule has 4 nitrogen and oxygen atoms in total. The Kier molecular flexibility index (Phi) is 2.04. The van der Waals surface area contributed by atoms with Crippen molar-refractivity contribution in [2.45, 2.75) is 0 Å². The predicted octanol–water partition coefficient (Wildman–Crippen LogP) is 0.102. The Balaban J connectivity index is 2.62. The number of esters is 1. The van der Waals surface area contributed by atoms with Crippen LogP contribution in [-0.4, -0.2) is 25.9 Å². The second kappa shape index (κ2) is 3.00. The van der Waals surface area contributed by atoms with E-state index in [1.54, 1.807) is 6.21 Å². The van der Waals surface area contributed by atoms with Gasteiger partial charge in [0.2, 0.25) is 5.76 Å². The van der Waals surface area contributed by atoms with Crippen LogP contribution in [0.2, 0.25) is 0 Å². The highest BCUT2D eigenvalue weighted by molar-refractivity contribution is 5.87. The fraction of sp³-hybridized carbons (Fsp3) is 0.333. The van der Waals surface area contributed by atoms with Gasteiger partial charge in [0.05, 0.1) is 13.3 Å². The SMILES string of the molecule is COC(=O)C1=CN=CCO1. The molecule has 0 saturated carbocycles.